The van der Waals surface area contributed by atoms with E-state index in [0.29, 0.717) is 0 Å². The van der Waals surface area contributed by atoms with Crippen molar-refractivity contribution in [3.8, 4) is 0 Å². The van der Waals surface area contributed by atoms with Crippen LogP contribution in [0.3, 0.4) is 0 Å². The topological polar surface area (TPSA) is 38.1 Å². The molecule has 1 unspecified atom stereocenters. The normalized spacial score (nSPS) is 17.5. The Morgan fingerprint density at radius 3 is 2.88 bits per heavy atom. The van der Waals surface area contributed by atoms with Crippen LogP contribution in [0.25, 0.3) is 0 Å². The fraction of sp³-hybridized carbons (Fsp3) is 0.474. The third-order valence-electron chi connectivity index (χ3n) is 4.51. The summed E-state index contributed by atoms with van der Waals surface area (Å²) in [5.41, 5.74) is 1.29. The first-order chi connectivity index (χ1) is 11.8. The molecule has 1 aliphatic heterocycles. The average Bonchev–Trinajstić information content (AvgIpc) is 3.30. The highest BCUT2D eigenvalue weighted by Gasteiger charge is 2.33. The summed E-state index contributed by atoms with van der Waals surface area (Å²) in [5, 5.41) is 2.10. The van der Waals surface area contributed by atoms with Crippen molar-refractivity contribution in [3.63, 3.8) is 0 Å². The molecule has 0 spiro atoms. The summed E-state index contributed by atoms with van der Waals surface area (Å²) in [4.78, 5) is 20.0. The van der Waals surface area contributed by atoms with Gasteiger partial charge in [0.15, 0.2) is 0 Å². The van der Waals surface area contributed by atoms with Gasteiger partial charge in [-0.25, -0.2) is 4.98 Å². The second-order valence-corrected chi connectivity index (χ2v) is 7.26. The molecular weight excluding hydrogens is 318 g/mol. The molecule has 0 aliphatic carbocycles. The lowest BCUT2D eigenvalue weighted by molar-refractivity contribution is -0.126. The number of rotatable bonds is 9. The molecule has 128 valence electrons. The number of hydrogen-bond acceptors (Lipinski definition) is 3. The summed E-state index contributed by atoms with van der Waals surface area (Å²) in [6.45, 7) is 3.90. The Hall–Kier alpha value is -1.88. The van der Waals surface area contributed by atoms with E-state index in [2.05, 4.69) is 34.0 Å². The highest BCUT2D eigenvalue weighted by molar-refractivity contribution is 7.10. The smallest absolute Gasteiger partial charge is 0.247 e. The first kappa shape index (κ1) is 17.0. The highest BCUT2D eigenvalue weighted by atomic mass is 32.1. The molecule has 0 saturated carbocycles. The quantitative estimate of drug-likeness (QED) is 0.632. The van der Waals surface area contributed by atoms with Gasteiger partial charge in [-0.15, -0.1) is 11.3 Å². The molecule has 0 bridgehead atoms. The summed E-state index contributed by atoms with van der Waals surface area (Å²) in [7, 11) is 0. The van der Waals surface area contributed by atoms with Crippen LogP contribution in [0.2, 0.25) is 0 Å². The number of hydrogen-bond donors (Lipinski definition) is 0. The molecule has 0 fully saturated rings. The van der Waals surface area contributed by atoms with E-state index in [-0.39, 0.29) is 11.9 Å². The Bertz CT molecular complexity index is 661. The predicted octanol–water partition coefficient (Wildman–Crippen LogP) is 4.42. The maximum atomic E-state index is 12.6. The predicted molar refractivity (Wildman–Crippen MR) is 97.8 cm³/mol. The van der Waals surface area contributed by atoms with Gasteiger partial charge in [-0.1, -0.05) is 25.8 Å². The van der Waals surface area contributed by atoms with Crippen LogP contribution in [0.1, 0.15) is 49.9 Å². The van der Waals surface area contributed by atoms with Crippen LogP contribution in [0, 0.1) is 0 Å². The van der Waals surface area contributed by atoms with E-state index in [1.807, 2.05) is 23.5 Å². The van der Waals surface area contributed by atoms with Gasteiger partial charge in [0, 0.05) is 36.4 Å². The van der Waals surface area contributed by atoms with Gasteiger partial charge in [-0.2, -0.15) is 0 Å². The van der Waals surface area contributed by atoms with E-state index in [4.69, 9.17) is 0 Å². The Balaban J connectivity index is 1.66. The second kappa shape index (κ2) is 8.29. The number of aromatic nitrogens is 2. The van der Waals surface area contributed by atoms with E-state index in [1.165, 1.54) is 29.7 Å². The summed E-state index contributed by atoms with van der Waals surface area (Å²) in [5.74, 6) is 0.172. The first-order valence-electron chi connectivity index (χ1n) is 8.80. The van der Waals surface area contributed by atoms with Crippen molar-refractivity contribution in [2.24, 2.45) is 0 Å². The molecule has 2 aromatic heterocycles. The molecule has 3 heterocycles. The van der Waals surface area contributed by atoms with Gasteiger partial charge in [0.1, 0.15) is 0 Å². The van der Waals surface area contributed by atoms with Gasteiger partial charge < -0.3 is 9.47 Å². The van der Waals surface area contributed by atoms with Crippen molar-refractivity contribution in [2.75, 3.05) is 6.54 Å². The largest absolute Gasteiger partial charge is 0.337 e. The molecule has 0 radical (unpaired) electrons. The maximum Gasteiger partial charge on any atom is 0.247 e. The van der Waals surface area contributed by atoms with E-state index < -0.39 is 0 Å². The van der Waals surface area contributed by atoms with Crippen LogP contribution < -0.4 is 0 Å². The van der Waals surface area contributed by atoms with Crippen LogP contribution >= 0.6 is 11.3 Å². The molecule has 2 aromatic rings. The number of unbranched alkanes of at least 4 members (excludes halogenated alkanes) is 2. The Labute approximate surface area is 147 Å². The number of aryl methyl sites for hydroxylation is 1. The summed E-state index contributed by atoms with van der Waals surface area (Å²) in [6, 6.07) is 4.39. The number of imidazole rings is 1. The third kappa shape index (κ3) is 3.96. The summed E-state index contributed by atoms with van der Waals surface area (Å²) in [6.07, 6.45) is 13.1. The zero-order valence-corrected chi connectivity index (χ0v) is 15.0. The van der Waals surface area contributed by atoms with Crippen molar-refractivity contribution in [2.45, 2.75) is 51.6 Å². The molecule has 0 saturated heterocycles. The molecule has 1 amide bonds. The summed E-state index contributed by atoms with van der Waals surface area (Å²) >= 11 is 1.75. The van der Waals surface area contributed by atoms with E-state index in [1.54, 1.807) is 17.5 Å². The van der Waals surface area contributed by atoms with Crippen LogP contribution in [0.4, 0.5) is 0 Å². The monoisotopic (exact) mass is 343 g/mol. The molecule has 5 heteroatoms. The van der Waals surface area contributed by atoms with E-state index >= 15 is 0 Å². The number of carbonyl (C=O) groups is 1. The van der Waals surface area contributed by atoms with Crippen molar-refractivity contribution in [1.29, 1.82) is 0 Å². The van der Waals surface area contributed by atoms with E-state index in [0.717, 1.165) is 25.9 Å². The minimum absolute atomic E-state index is 0.150. The Kier molecular flexibility index (Phi) is 5.86. The van der Waals surface area contributed by atoms with Gasteiger partial charge in [0.05, 0.1) is 12.4 Å². The lowest BCUT2D eigenvalue weighted by atomic mass is 10.0. The average molecular weight is 343 g/mol. The fourth-order valence-corrected chi connectivity index (χ4v) is 4.18. The van der Waals surface area contributed by atoms with Crippen molar-refractivity contribution in [3.05, 3.63) is 52.8 Å². The zero-order chi connectivity index (χ0) is 16.8. The van der Waals surface area contributed by atoms with Crippen molar-refractivity contribution < 1.29 is 4.79 Å². The molecule has 1 aliphatic rings. The Morgan fingerprint density at radius 2 is 2.17 bits per heavy atom. The lowest BCUT2D eigenvalue weighted by Crippen LogP contribution is -2.30. The van der Waals surface area contributed by atoms with Crippen LogP contribution in [0.5, 0.6) is 0 Å². The number of nitrogens with zero attached hydrogens (tertiary/aromatic N) is 3. The minimum atomic E-state index is 0.150. The van der Waals surface area contributed by atoms with Gasteiger partial charge in [0.2, 0.25) is 5.91 Å². The molecule has 0 N–H and O–H groups in total. The van der Waals surface area contributed by atoms with Crippen molar-refractivity contribution >= 4 is 17.2 Å². The van der Waals surface area contributed by atoms with Crippen molar-refractivity contribution in [1.82, 2.24) is 14.5 Å². The standard InChI is InChI=1S/C19H25N3OS/c1-2-3-4-7-16-14-18(23)22(19(16)17-8-5-13-24-17)11-6-10-21-12-9-20-15-21/h5,8-9,12-15,19H,2-4,6-7,10-11H2,1H3. The number of thiophene rings is 1. The van der Waals surface area contributed by atoms with Gasteiger partial charge in [0.25, 0.3) is 0 Å². The SMILES string of the molecule is CCCCCC1=CC(=O)N(CCCn2ccnc2)C1c1cccs1. The first-order valence-corrected chi connectivity index (χ1v) is 9.67. The van der Waals surface area contributed by atoms with E-state index in [9.17, 15) is 4.79 Å². The maximum absolute atomic E-state index is 12.6. The lowest BCUT2D eigenvalue weighted by Gasteiger charge is -2.27. The van der Waals surface area contributed by atoms with Gasteiger partial charge in [-0.3, -0.25) is 4.79 Å². The molecular formula is C19H25N3OS. The number of carbonyl (C=O) groups excluding carboxylic acids is 1. The molecule has 3 rings (SSSR count). The van der Waals surface area contributed by atoms with Crippen LogP contribution in [-0.2, 0) is 11.3 Å². The highest BCUT2D eigenvalue weighted by Crippen LogP contribution is 2.38. The zero-order valence-electron chi connectivity index (χ0n) is 14.2. The minimum Gasteiger partial charge on any atom is -0.337 e. The third-order valence-corrected chi connectivity index (χ3v) is 5.44. The van der Waals surface area contributed by atoms with Crippen LogP contribution in [0.15, 0.2) is 47.9 Å². The molecule has 1 atom stereocenters. The van der Waals surface area contributed by atoms with Gasteiger partial charge in [-0.05, 0) is 36.3 Å². The molecule has 24 heavy (non-hydrogen) atoms. The fourth-order valence-electron chi connectivity index (χ4n) is 3.30. The summed E-state index contributed by atoms with van der Waals surface area (Å²) < 4.78 is 2.07. The molecule has 0 aromatic carbocycles. The van der Waals surface area contributed by atoms with Crippen LogP contribution in [-0.4, -0.2) is 26.9 Å². The number of amides is 1. The molecule has 4 nitrogen and oxygen atoms in total. The van der Waals surface area contributed by atoms with Gasteiger partial charge >= 0.3 is 0 Å². The second-order valence-electron chi connectivity index (χ2n) is 6.28. The Morgan fingerprint density at radius 1 is 1.25 bits per heavy atom.